The molecule has 7 aromatic rings. The van der Waals surface area contributed by atoms with E-state index >= 15 is 0 Å². The van der Waals surface area contributed by atoms with E-state index in [1.807, 2.05) is 24.8 Å². The van der Waals surface area contributed by atoms with Gasteiger partial charge in [-0.2, -0.15) is 0 Å². The Balaban J connectivity index is 0.000000393. The molecule has 4 nitrogen and oxygen atoms in total. The van der Waals surface area contributed by atoms with E-state index in [0.717, 1.165) is 38.8 Å². The second-order valence-electron chi connectivity index (χ2n) is 13.3. The monoisotopic (exact) mass is 862 g/mol. The average Bonchev–Trinajstić information content (AvgIpc) is 3.14. The summed E-state index contributed by atoms with van der Waals surface area (Å²) < 4.78 is 123. The Morgan fingerprint density at radius 2 is 0.603 bits per heavy atom. The molecule has 0 aliphatic heterocycles. The molecular formula is C40H36F12N4P2. The summed E-state index contributed by atoms with van der Waals surface area (Å²) in [6, 6.07) is 35.1. The van der Waals surface area contributed by atoms with Crippen LogP contribution in [-0.2, 0) is 25.9 Å². The first-order valence-electron chi connectivity index (χ1n) is 17.6. The molecule has 0 saturated carbocycles. The van der Waals surface area contributed by atoms with Gasteiger partial charge in [0.05, 0.1) is 0 Å². The molecule has 0 spiro atoms. The van der Waals surface area contributed by atoms with Gasteiger partial charge in [0.1, 0.15) is 13.1 Å². The molecule has 3 aromatic carbocycles. The maximum absolute atomic E-state index is 10.7. The first-order valence-corrected chi connectivity index (χ1v) is 21.6. The van der Waals surface area contributed by atoms with Crippen molar-refractivity contribution in [2.75, 3.05) is 0 Å². The van der Waals surface area contributed by atoms with E-state index in [1.54, 1.807) is 0 Å². The third-order valence-corrected chi connectivity index (χ3v) is 8.65. The Hall–Kier alpha value is -5.20. The maximum atomic E-state index is 9.87. The van der Waals surface area contributed by atoms with Crippen LogP contribution in [0, 0.1) is 0 Å². The SMILES string of the molecule is F[P-](F)(F)(F)(F)F.F[P-](F)(F)(F)(F)F.c1ccc2c(CCC[n+]3ccc(-c4ccncc4)cc3)c3ccccc3c(CCC[n+]3ccc(-c4ccncc4)cc3)c2c1. The fourth-order valence-electron chi connectivity index (χ4n) is 6.41. The summed E-state index contributed by atoms with van der Waals surface area (Å²) in [6.45, 7) is 1.97. The molecule has 18 heteroatoms. The van der Waals surface area contributed by atoms with Crippen molar-refractivity contribution < 1.29 is 59.5 Å². The molecule has 7 rings (SSSR count). The number of hydrogen-bond donors (Lipinski definition) is 0. The van der Waals surface area contributed by atoms with Crippen LogP contribution >= 0.6 is 15.6 Å². The largest absolute Gasteiger partial charge is 0.265 e. The number of fused-ring (bicyclic) bond motifs is 2. The van der Waals surface area contributed by atoms with Crippen LogP contribution in [0.4, 0.5) is 50.4 Å². The molecule has 58 heavy (non-hydrogen) atoms. The first-order chi connectivity index (χ1) is 26.7. The summed E-state index contributed by atoms with van der Waals surface area (Å²) in [5.74, 6) is 0. The van der Waals surface area contributed by atoms with Crippen LogP contribution in [0.2, 0.25) is 0 Å². The van der Waals surface area contributed by atoms with Gasteiger partial charge in [-0.3, -0.25) is 9.97 Å². The van der Waals surface area contributed by atoms with Gasteiger partial charge >= 0.3 is 66.0 Å². The molecule has 0 aliphatic carbocycles. The van der Waals surface area contributed by atoms with Gasteiger partial charge in [-0.15, -0.1) is 0 Å². The van der Waals surface area contributed by atoms with Crippen molar-refractivity contribution in [3.63, 3.8) is 0 Å². The predicted molar refractivity (Wildman–Crippen MR) is 205 cm³/mol. The summed E-state index contributed by atoms with van der Waals surface area (Å²) in [6.07, 6.45) is 20.4. The molecule has 0 aliphatic rings. The van der Waals surface area contributed by atoms with Crippen LogP contribution in [0.15, 0.2) is 147 Å². The summed E-state index contributed by atoms with van der Waals surface area (Å²) in [5, 5.41) is 5.59. The molecule has 0 saturated heterocycles. The minimum absolute atomic E-state index is 0.984. The summed E-state index contributed by atoms with van der Waals surface area (Å²) in [7, 11) is -21.3. The molecule has 0 atom stereocenters. The Bertz CT molecular complexity index is 2220. The third kappa shape index (κ3) is 16.0. The maximum Gasteiger partial charge on any atom is 0.169 e. The van der Waals surface area contributed by atoms with Gasteiger partial charge in [-0.05, 0) is 92.0 Å². The first kappa shape index (κ1) is 43.9. The summed E-state index contributed by atoms with van der Waals surface area (Å²) in [4.78, 5) is 8.27. The van der Waals surface area contributed by atoms with E-state index in [-0.39, 0.29) is 0 Å². The van der Waals surface area contributed by atoms with Crippen molar-refractivity contribution in [3.8, 4) is 22.3 Å². The number of hydrogen-bond acceptors (Lipinski definition) is 2. The van der Waals surface area contributed by atoms with Gasteiger partial charge in [-0.1, -0.05) is 48.5 Å². The molecule has 0 unspecified atom stereocenters. The number of aromatic nitrogens is 4. The Labute approximate surface area is 324 Å². The van der Waals surface area contributed by atoms with Crippen molar-refractivity contribution in [1.29, 1.82) is 0 Å². The van der Waals surface area contributed by atoms with Crippen molar-refractivity contribution in [2.24, 2.45) is 0 Å². The van der Waals surface area contributed by atoms with E-state index in [9.17, 15) is 50.4 Å². The number of pyridine rings is 4. The number of aryl methyl sites for hydroxylation is 4. The fourth-order valence-corrected chi connectivity index (χ4v) is 6.41. The molecule has 4 aromatic heterocycles. The molecule has 0 radical (unpaired) electrons. The molecule has 0 amide bonds. The Morgan fingerprint density at radius 1 is 0.362 bits per heavy atom. The van der Waals surface area contributed by atoms with Crippen LogP contribution < -0.4 is 9.13 Å². The molecule has 0 N–H and O–H groups in total. The topological polar surface area (TPSA) is 33.5 Å². The van der Waals surface area contributed by atoms with Gasteiger partial charge in [-0.25, -0.2) is 9.13 Å². The molecule has 4 heterocycles. The van der Waals surface area contributed by atoms with E-state index in [1.165, 1.54) is 54.9 Å². The Morgan fingerprint density at radius 3 is 0.862 bits per heavy atom. The van der Waals surface area contributed by atoms with Gasteiger partial charge < -0.3 is 0 Å². The average molecular weight is 863 g/mol. The molecular weight excluding hydrogens is 826 g/mol. The van der Waals surface area contributed by atoms with E-state index in [4.69, 9.17) is 0 Å². The van der Waals surface area contributed by atoms with Gasteiger partial charge in [0.25, 0.3) is 0 Å². The standard InChI is InChI=1S/C40H36N4.2F6P/c1-2-8-36-35(7-1)39(11-5-25-43-27-17-33(18-28-43)31-13-21-41-22-14-31)37-9-3-4-10-38(37)40(36)12-6-26-44-29-19-34(20-30-44)32-15-23-42-24-16-32;2*1-7(2,3,4,5)6/h1-4,7-10,13-24,27-30H,5-6,11-12,25-26H2;;/q+2;2*-1. The number of rotatable bonds is 10. The zero-order valence-corrected chi connectivity index (χ0v) is 32.1. The van der Waals surface area contributed by atoms with Crippen LogP contribution in [0.3, 0.4) is 0 Å². The number of benzene rings is 3. The minimum Gasteiger partial charge on any atom is -0.265 e. The van der Waals surface area contributed by atoms with Gasteiger partial charge in [0, 0.05) is 61.9 Å². The normalized spacial score (nSPS) is 14.1. The van der Waals surface area contributed by atoms with Crippen molar-refractivity contribution in [1.82, 2.24) is 9.97 Å². The number of halogens is 12. The smallest absolute Gasteiger partial charge is 0.169 e. The zero-order chi connectivity index (χ0) is 42.4. The Kier molecular flexibility index (Phi) is 11.8. The van der Waals surface area contributed by atoms with Crippen LogP contribution in [0.5, 0.6) is 0 Å². The van der Waals surface area contributed by atoms with Crippen molar-refractivity contribution >= 4 is 37.2 Å². The third-order valence-electron chi connectivity index (χ3n) is 8.65. The van der Waals surface area contributed by atoms with Crippen LogP contribution in [0.1, 0.15) is 24.0 Å². The quantitative estimate of drug-likeness (QED) is 0.0594. The van der Waals surface area contributed by atoms with Gasteiger partial charge in [0.2, 0.25) is 0 Å². The molecule has 310 valence electrons. The minimum atomic E-state index is -10.7. The fraction of sp³-hybridized carbons (Fsp3) is 0.150. The summed E-state index contributed by atoms with van der Waals surface area (Å²) >= 11 is 0. The number of nitrogens with zero attached hydrogens (tertiary/aromatic N) is 4. The van der Waals surface area contributed by atoms with Crippen molar-refractivity contribution in [2.45, 2.75) is 38.8 Å². The summed E-state index contributed by atoms with van der Waals surface area (Å²) in [5.41, 5.74) is 7.77. The molecule has 0 fully saturated rings. The van der Waals surface area contributed by atoms with E-state index < -0.39 is 15.6 Å². The predicted octanol–water partition coefficient (Wildman–Crippen LogP) is 14.7. The zero-order valence-electron chi connectivity index (χ0n) is 30.3. The second kappa shape index (κ2) is 15.5. The van der Waals surface area contributed by atoms with Crippen molar-refractivity contribution in [3.05, 3.63) is 158 Å². The van der Waals surface area contributed by atoms with Gasteiger partial charge in [0.15, 0.2) is 24.8 Å². The second-order valence-corrected chi connectivity index (χ2v) is 17.1. The van der Waals surface area contributed by atoms with Crippen LogP contribution in [-0.4, -0.2) is 9.97 Å². The van der Waals surface area contributed by atoms with E-state index in [0.29, 0.717) is 0 Å². The molecule has 0 bridgehead atoms. The van der Waals surface area contributed by atoms with Crippen LogP contribution in [0.25, 0.3) is 43.8 Å². The van der Waals surface area contributed by atoms with E-state index in [2.05, 4.69) is 141 Å².